The number of hydrogen-bond acceptors (Lipinski definition) is 5. The highest BCUT2D eigenvalue weighted by atomic mass is 16.5. The first-order valence-electron chi connectivity index (χ1n) is 5.95. The number of hydrogen-bond donors (Lipinski definition) is 1. The standard InChI is InChI=1S/C11H17N3O2/c1-7-12-11(13-16-7)6-14-8-2-3-9(14)5-10(15)4-8/h8-10,15H,2-6H2,1H3. The molecule has 2 saturated heterocycles. The Morgan fingerprint density at radius 2 is 2.06 bits per heavy atom. The minimum Gasteiger partial charge on any atom is -0.393 e. The summed E-state index contributed by atoms with van der Waals surface area (Å²) in [6.07, 6.45) is 4.07. The van der Waals surface area contributed by atoms with Crippen LogP contribution >= 0.6 is 0 Å². The van der Waals surface area contributed by atoms with Gasteiger partial charge in [0.1, 0.15) is 0 Å². The van der Waals surface area contributed by atoms with Crippen LogP contribution in [0.4, 0.5) is 0 Å². The zero-order valence-corrected chi connectivity index (χ0v) is 9.46. The van der Waals surface area contributed by atoms with Gasteiger partial charge < -0.3 is 9.63 Å². The van der Waals surface area contributed by atoms with Crippen LogP contribution in [0.25, 0.3) is 0 Å². The molecule has 3 heterocycles. The number of aryl methyl sites for hydroxylation is 1. The second-order valence-electron chi connectivity index (χ2n) is 4.91. The third-order valence-corrected chi connectivity index (χ3v) is 3.75. The Kier molecular flexibility index (Phi) is 2.44. The van der Waals surface area contributed by atoms with E-state index in [4.69, 9.17) is 4.52 Å². The largest absolute Gasteiger partial charge is 0.393 e. The quantitative estimate of drug-likeness (QED) is 0.806. The fourth-order valence-corrected chi connectivity index (χ4v) is 3.07. The van der Waals surface area contributed by atoms with E-state index in [0.717, 1.165) is 25.2 Å². The Morgan fingerprint density at radius 1 is 1.38 bits per heavy atom. The Labute approximate surface area is 94.4 Å². The summed E-state index contributed by atoms with van der Waals surface area (Å²) in [6, 6.07) is 1.01. The predicted molar refractivity (Wildman–Crippen MR) is 56.6 cm³/mol. The van der Waals surface area contributed by atoms with Crippen LogP contribution in [0.2, 0.25) is 0 Å². The topological polar surface area (TPSA) is 62.4 Å². The van der Waals surface area contributed by atoms with E-state index in [1.807, 2.05) is 6.92 Å². The molecule has 2 unspecified atom stereocenters. The summed E-state index contributed by atoms with van der Waals surface area (Å²) in [6.45, 7) is 2.57. The van der Waals surface area contributed by atoms with Crippen LogP contribution in [0.3, 0.4) is 0 Å². The molecule has 2 atom stereocenters. The highest BCUT2D eigenvalue weighted by Crippen LogP contribution is 2.36. The molecular weight excluding hydrogens is 206 g/mol. The second kappa shape index (κ2) is 3.82. The van der Waals surface area contributed by atoms with Crippen molar-refractivity contribution in [1.82, 2.24) is 15.0 Å². The SMILES string of the molecule is Cc1nc(CN2C3CCC2CC(O)C3)no1. The normalized spacial score (nSPS) is 34.5. The van der Waals surface area contributed by atoms with Gasteiger partial charge in [0.25, 0.3) is 0 Å². The number of rotatable bonds is 2. The number of nitrogens with zero attached hydrogens (tertiary/aromatic N) is 3. The number of piperidine rings is 1. The van der Waals surface area contributed by atoms with E-state index in [2.05, 4.69) is 15.0 Å². The fraction of sp³-hybridized carbons (Fsp3) is 0.818. The van der Waals surface area contributed by atoms with Gasteiger partial charge in [0.2, 0.25) is 5.89 Å². The molecule has 0 amide bonds. The summed E-state index contributed by atoms with van der Waals surface area (Å²) in [7, 11) is 0. The van der Waals surface area contributed by atoms with Crippen LogP contribution in [0, 0.1) is 6.92 Å². The second-order valence-corrected chi connectivity index (χ2v) is 4.91. The molecule has 88 valence electrons. The van der Waals surface area contributed by atoms with Gasteiger partial charge in [-0.05, 0) is 25.7 Å². The van der Waals surface area contributed by atoms with Gasteiger partial charge in [-0.2, -0.15) is 4.98 Å². The Balaban J connectivity index is 1.72. The summed E-state index contributed by atoms with van der Waals surface area (Å²) < 4.78 is 4.98. The van der Waals surface area contributed by atoms with Crippen molar-refractivity contribution in [2.75, 3.05) is 0 Å². The van der Waals surface area contributed by atoms with Crippen molar-refractivity contribution in [3.05, 3.63) is 11.7 Å². The molecule has 5 heteroatoms. The number of fused-ring (bicyclic) bond motifs is 2. The first-order chi connectivity index (χ1) is 7.72. The van der Waals surface area contributed by atoms with Crippen molar-refractivity contribution in [2.24, 2.45) is 0 Å². The van der Waals surface area contributed by atoms with Crippen LogP contribution in [0.1, 0.15) is 37.4 Å². The van der Waals surface area contributed by atoms with E-state index in [1.165, 1.54) is 12.8 Å². The number of aromatic nitrogens is 2. The van der Waals surface area contributed by atoms with E-state index in [0.29, 0.717) is 18.0 Å². The molecule has 2 aliphatic rings. The van der Waals surface area contributed by atoms with Gasteiger partial charge in [-0.15, -0.1) is 0 Å². The minimum absolute atomic E-state index is 0.110. The molecule has 0 radical (unpaired) electrons. The summed E-state index contributed by atoms with van der Waals surface area (Å²) in [5.41, 5.74) is 0. The molecule has 2 bridgehead atoms. The zero-order valence-electron chi connectivity index (χ0n) is 9.46. The van der Waals surface area contributed by atoms with Crippen molar-refractivity contribution in [2.45, 2.75) is 57.3 Å². The van der Waals surface area contributed by atoms with Gasteiger partial charge >= 0.3 is 0 Å². The highest BCUT2D eigenvalue weighted by molar-refractivity contribution is 4.97. The lowest BCUT2D eigenvalue weighted by molar-refractivity contribution is 0.0293. The lowest BCUT2D eigenvalue weighted by atomic mass is 10.00. The maximum Gasteiger partial charge on any atom is 0.223 e. The number of aliphatic hydroxyl groups is 1. The predicted octanol–water partition coefficient (Wildman–Crippen LogP) is 0.866. The Morgan fingerprint density at radius 3 is 2.62 bits per heavy atom. The van der Waals surface area contributed by atoms with Crippen molar-refractivity contribution in [3.8, 4) is 0 Å². The molecule has 16 heavy (non-hydrogen) atoms. The van der Waals surface area contributed by atoms with Crippen LogP contribution in [-0.2, 0) is 6.54 Å². The molecule has 5 nitrogen and oxygen atoms in total. The first kappa shape index (κ1) is 10.2. The Bertz CT molecular complexity index is 365. The van der Waals surface area contributed by atoms with E-state index in [1.54, 1.807) is 0 Å². The maximum absolute atomic E-state index is 9.70. The minimum atomic E-state index is -0.110. The van der Waals surface area contributed by atoms with Gasteiger partial charge in [0, 0.05) is 19.0 Å². The molecule has 0 aliphatic carbocycles. The van der Waals surface area contributed by atoms with Gasteiger partial charge in [-0.3, -0.25) is 4.90 Å². The number of aliphatic hydroxyl groups excluding tert-OH is 1. The van der Waals surface area contributed by atoms with Crippen LogP contribution in [0.15, 0.2) is 4.52 Å². The maximum atomic E-state index is 9.70. The molecule has 2 fully saturated rings. The molecule has 1 aromatic rings. The molecule has 0 saturated carbocycles. The summed E-state index contributed by atoms with van der Waals surface area (Å²) in [4.78, 5) is 6.67. The highest BCUT2D eigenvalue weighted by Gasteiger charge is 2.40. The van der Waals surface area contributed by atoms with Gasteiger partial charge in [-0.1, -0.05) is 5.16 Å². The van der Waals surface area contributed by atoms with Crippen LogP contribution < -0.4 is 0 Å². The zero-order chi connectivity index (χ0) is 11.1. The lowest BCUT2D eigenvalue weighted by Crippen LogP contribution is -2.44. The molecule has 0 spiro atoms. The molecular formula is C11H17N3O2. The Hall–Kier alpha value is -0.940. The third kappa shape index (κ3) is 1.74. The monoisotopic (exact) mass is 223 g/mol. The molecule has 1 aromatic heterocycles. The molecule has 1 N–H and O–H groups in total. The first-order valence-corrected chi connectivity index (χ1v) is 5.95. The third-order valence-electron chi connectivity index (χ3n) is 3.75. The molecule has 3 rings (SSSR count). The van der Waals surface area contributed by atoms with Crippen LogP contribution in [0.5, 0.6) is 0 Å². The molecule has 0 aromatic carbocycles. The van der Waals surface area contributed by atoms with Crippen molar-refractivity contribution in [3.63, 3.8) is 0 Å². The van der Waals surface area contributed by atoms with E-state index >= 15 is 0 Å². The van der Waals surface area contributed by atoms with E-state index < -0.39 is 0 Å². The van der Waals surface area contributed by atoms with Crippen molar-refractivity contribution in [1.29, 1.82) is 0 Å². The fourth-order valence-electron chi connectivity index (χ4n) is 3.07. The van der Waals surface area contributed by atoms with Crippen molar-refractivity contribution < 1.29 is 9.63 Å². The van der Waals surface area contributed by atoms with Crippen LogP contribution in [-0.4, -0.2) is 38.3 Å². The average Bonchev–Trinajstić information content (AvgIpc) is 2.72. The molecule has 2 aliphatic heterocycles. The smallest absolute Gasteiger partial charge is 0.223 e. The van der Waals surface area contributed by atoms with Gasteiger partial charge in [-0.25, -0.2) is 0 Å². The van der Waals surface area contributed by atoms with Crippen molar-refractivity contribution >= 4 is 0 Å². The van der Waals surface area contributed by atoms with Gasteiger partial charge in [0.15, 0.2) is 5.82 Å². The van der Waals surface area contributed by atoms with E-state index in [-0.39, 0.29) is 6.10 Å². The van der Waals surface area contributed by atoms with Gasteiger partial charge in [0.05, 0.1) is 12.6 Å². The summed E-state index contributed by atoms with van der Waals surface area (Å²) in [5, 5.41) is 13.6. The summed E-state index contributed by atoms with van der Waals surface area (Å²) in [5.74, 6) is 1.39. The van der Waals surface area contributed by atoms with E-state index in [9.17, 15) is 5.11 Å². The average molecular weight is 223 g/mol. The lowest BCUT2D eigenvalue weighted by Gasteiger charge is -2.36. The summed E-state index contributed by atoms with van der Waals surface area (Å²) >= 11 is 0.